The van der Waals surface area contributed by atoms with Crippen molar-refractivity contribution >= 4 is 5.78 Å². The topological polar surface area (TPSA) is 20.3 Å². The van der Waals surface area contributed by atoms with E-state index in [9.17, 15) is 4.79 Å². The first-order valence-corrected chi connectivity index (χ1v) is 6.69. The minimum Gasteiger partial charge on any atom is -0.299 e. The van der Waals surface area contributed by atoms with Crippen molar-refractivity contribution in [2.75, 3.05) is 7.05 Å². The van der Waals surface area contributed by atoms with Crippen molar-refractivity contribution in [3.8, 4) is 0 Å². The predicted octanol–water partition coefficient (Wildman–Crippen LogP) is 3.75. The van der Waals surface area contributed by atoms with Gasteiger partial charge in [-0.15, -0.1) is 0 Å². The van der Waals surface area contributed by atoms with Gasteiger partial charge in [0.2, 0.25) is 0 Å². The van der Waals surface area contributed by atoms with Crippen LogP contribution >= 0.6 is 0 Å². The van der Waals surface area contributed by atoms with E-state index >= 15 is 0 Å². The number of Topliss-reactive ketones (excluding diaryl/α,β-unsaturated/α-hetero) is 1. The van der Waals surface area contributed by atoms with Gasteiger partial charge in [-0.3, -0.25) is 9.69 Å². The maximum Gasteiger partial charge on any atom is 0.141 e. The van der Waals surface area contributed by atoms with Crippen LogP contribution in [0.1, 0.15) is 61.8 Å². The number of ketones is 1. The first kappa shape index (κ1) is 16.6. The minimum atomic E-state index is -0.249. The first-order valence-electron chi connectivity index (χ1n) is 6.69. The molecule has 17 heavy (non-hydrogen) atoms. The summed E-state index contributed by atoms with van der Waals surface area (Å²) in [5.74, 6) is 0.480. The molecule has 2 nitrogen and oxygen atoms in total. The van der Waals surface area contributed by atoms with Crippen LogP contribution in [0.15, 0.2) is 0 Å². The van der Waals surface area contributed by atoms with E-state index in [1.165, 1.54) is 0 Å². The molecule has 0 bridgehead atoms. The van der Waals surface area contributed by atoms with E-state index in [0.717, 1.165) is 6.42 Å². The Bertz CT molecular complexity index is 264. The lowest BCUT2D eigenvalue weighted by Crippen LogP contribution is -2.49. The Kier molecular flexibility index (Phi) is 5.39. The highest BCUT2D eigenvalue weighted by molar-refractivity contribution is 5.85. The van der Waals surface area contributed by atoms with Gasteiger partial charge in [0.05, 0.1) is 0 Å². The van der Waals surface area contributed by atoms with E-state index < -0.39 is 0 Å². The van der Waals surface area contributed by atoms with Crippen LogP contribution in [0.2, 0.25) is 0 Å². The monoisotopic (exact) mass is 241 g/mol. The Balaban J connectivity index is 4.87. The Hall–Kier alpha value is -0.370. The highest BCUT2D eigenvalue weighted by atomic mass is 16.1. The van der Waals surface area contributed by atoms with Gasteiger partial charge in [-0.2, -0.15) is 0 Å². The molecule has 0 amide bonds. The van der Waals surface area contributed by atoms with Gasteiger partial charge >= 0.3 is 0 Å². The summed E-state index contributed by atoms with van der Waals surface area (Å²) in [6.07, 6.45) is 0.895. The summed E-state index contributed by atoms with van der Waals surface area (Å²) < 4.78 is 0. The van der Waals surface area contributed by atoms with Gasteiger partial charge in [0.15, 0.2) is 0 Å². The van der Waals surface area contributed by atoms with Gasteiger partial charge in [0, 0.05) is 22.9 Å². The Morgan fingerprint density at radius 3 is 1.76 bits per heavy atom. The van der Waals surface area contributed by atoms with Crippen molar-refractivity contribution < 1.29 is 4.79 Å². The van der Waals surface area contributed by atoms with Crippen LogP contribution in [0.5, 0.6) is 0 Å². The summed E-state index contributed by atoms with van der Waals surface area (Å²) >= 11 is 0. The summed E-state index contributed by atoms with van der Waals surface area (Å²) in [5.41, 5.74) is -0.205. The maximum atomic E-state index is 12.2. The van der Waals surface area contributed by atoms with Crippen LogP contribution in [0.4, 0.5) is 0 Å². The molecule has 0 fully saturated rings. The summed E-state index contributed by atoms with van der Waals surface area (Å²) in [4.78, 5) is 14.6. The second-order valence-corrected chi connectivity index (χ2v) is 7.10. The van der Waals surface area contributed by atoms with E-state index in [1.807, 2.05) is 13.8 Å². The van der Waals surface area contributed by atoms with Gasteiger partial charge in [-0.1, -0.05) is 27.7 Å². The van der Waals surface area contributed by atoms with Crippen molar-refractivity contribution in [3.63, 3.8) is 0 Å². The fourth-order valence-electron chi connectivity index (χ4n) is 2.77. The molecule has 0 aromatic carbocycles. The van der Waals surface area contributed by atoms with E-state index in [4.69, 9.17) is 0 Å². The van der Waals surface area contributed by atoms with Crippen molar-refractivity contribution in [3.05, 3.63) is 0 Å². The third-order valence-electron chi connectivity index (χ3n) is 3.80. The normalized spacial score (nSPS) is 13.9. The molecule has 0 rings (SSSR count). The maximum absolute atomic E-state index is 12.2. The highest BCUT2D eigenvalue weighted by Crippen LogP contribution is 2.34. The third kappa shape index (κ3) is 4.42. The average molecular weight is 241 g/mol. The zero-order valence-corrected chi connectivity index (χ0v) is 13.2. The van der Waals surface area contributed by atoms with Gasteiger partial charge in [0.25, 0.3) is 0 Å². The summed E-state index contributed by atoms with van der Waals surface area (Å²) in [6.45, 7) is 17.0. The van der Waals surface area contributed by atoms with Gasteiger partial charge < -0.3 is 0 Å². The first-order chi connectivity index (χ1) is 7.42. The molecule has 0 aliphatic heterocycles. The molecule has 0 N–H and O–H groups in total. The molecule has 0 aromatic rings. The molecule has 0 unspecified atom stereocenters. The molecule has 0 heterocycles. The van der Waals surface area contributed by atoms with Crippen LogP contribution in [0, 0.1) is 11.3 Å². The zero-order chi connectivity index (χ0) is 14.0. The Morgan fingerprint density at radius 2 is 1.47 bits per heavy atom. The molecule has 0 atom stereocenters. The number of rotatable bonds is 6. The summed E-state index contributed by atoms with van der Waals surface area (Å²) in [5, 5.41) is 0. The molecule has 102 valence electrons. The molecular formula is C15H31NO. The number of hydrogen-bond donors (Lipinski definition) is 0. The molecular weight excluding hydrogens is 210 g/mol. The molecule has 0 spiro atoms. The molecule has 2 heteroatoms. The van der Waals surface area contributed by atoms with E-state index in [1.54, 1.807) is 0 Å². The third-order valence-corrected chi connectivity index (χ3v) is 3.80. The van der Waals surface area contributed by atoms with E-state index in [0.29, 0.717) is 11.8 Å². The Labute approximate surface area is 108 Å². The molecule has 0 aromatic heterocycles. The summed E-state index contributed by atoms with van der Waals surface area (Å²) in [7, 11) is 2.14. The molecule has 0 radical (unpaired) electrons. The van der Waals surface area contributed by atoms with Crippen LogP contribution in [0.25, 0.3) is 0 Å². The largest absolute Gasteiger partial charge is 0.299 e. The average Bonchev–Trinajstić information content (AvgIpc) is 2.13. The van der Waals surface area contributed by atoms with Crippen LogP contribution < -0.4 is 0 Å². The lowest BCUT2D eigenvalue weighted by atomic mass is 9.73. The van der Waals surface area contributed by atoms with Crippen LogP contribution in [-0.2, 0) is 4.79 Å². The SMILES string of the molecule is CC(C)C(=O)C(C)(C)CC(C)(C)N(C)C(C)C. The van der Waals surface area contributed by atoms with Gasteiger partial charge in [-0.25, -0.2) is 0 Å². The molecule has 0 aliphatic carbocycles. The summed E-state index contributed by atoms with van der Waals surface area (Å²) in [6, 6.07) is 0.495. The van der Waals surface area contributed by atoms with Crippen molar-refractivity contribution in [2.45, 2.75) is 73.4 Å². The fraction of sp³-hybridized carbons (Fsp3) is 0.933. The van der Waals surface area contributed by atoms with Crippen LogP contribution in [-0.4, -0.2) is 29.3 Å². The van der Waals surface area contributed by atoms with Crippen LogP contribution in [0.3, 0.4) is 0 Å². The quantitative estimate of drug-likeness (QED) is 0.706. The standard InChI is InChI=1S/C15H31NO/c1-11(2)13(17)14(5,6)10-15(7,8)16(9)12(3)4/h11-12H,10H2,1-9H3. The molecule has 0 saturated heterocycles. The van der Waals surface area contributed by atoms with Crippen molar-refractivity contribution in [1.29, 1.82) is 0 Å². The van der Waals surface area contributed by atoms with E-state index in [2.05, 4.69) is 53.5 Å². The van der Waals surface area contributed by atoms with Gasteiger partial charge in [0.1, 0.15) is 5.78 Å². The van der Waals surface area contributed by atoms with Gasteiger partial charge in [-0.05, 0) is 41.2 Å². The zero-order valence-electron chi connectivity index (χ0n) is 13.2. The predicted molar refractivity (Wildman–Crippen MR) is 75.2 cm³/mol. The lowest BCUT2D eigenvalue weighted by Gasteiger charge is -2.43. The second-order valence-electron chi connectivity index (χ2n) is 7.10. The molecule has 0 saturated carbocycles. The van der Waals surface area contributed by atoms with Crippen molar-refractivity contribution in [2.24, 2.45) is 11.3 Å². The minimum absolute atomic E-state index is 0.0439. The number of hydrogen-bond acceptors (Lipinski definition) is 2. The lowest BCUT2D eigenvalue weighted by molar-refractivity contribution is -0.132. The van der Waals surface area contributed by atoms with E-state index in [-0.39, 0.29) is 16.9 Å². The Morgan fingerprint density at radius 1 is 1.06 bits per heavy atom. The number of carbonyl (C=O) groups excluding carboxylic acids is 1. The second kappa shape index (κ2) is 5.51. The number of nitrogens with zero attached hydrogens (tertiary/aromatic N) is 1. The number of carbonyl (C=O) groups is 1. The van der Waals surface area contributed by atoms with Crippen molar-refractivity contribution in [1.82, 2.24) is 4.90 Å². The fourth-order valence-corrected chi connectivity index (χ4v) is 2.77. The smallest absolute Gasteiger partial charge is 0.141 e. The highest BCUT2D eigenvalue weighted by Gasteiger charge is 2.37. The molecule has 0 aliphatic rings.